The average Bonchev–Trinajstić information content (AvgIpc) is 3.21. The molecular formula is C25H24F3N3O5. The van der Waals surface area contributed by atoms with Gasteiger partial charge < -0.3 is 20.2 Å². The summed E-state index contributed by atoms with van der Waals surface area (Å²) in [5.41, 5.74) is 4.51. The molecule has 0 unspecified atom stereocenters. The van der Waals surface area contributed by atoms with E-state index in [4.69, 9.17) is 15.2 Å². The number of ether oxygens (including phenoxy) is 2. The number of H-pyrrole nitrogens is 1. The van der Waals surface area contributed by atoms with Gasteiger partial charge in [-0.1, -0.05) is 38.1 Å². The number of aromatic nitrogens is 1. The van der Waals surface area contributed by atoms with Crippen molar-refractivity contribution in [3.8, 4) is 11.3 Å². The van der Waals surface area contributed by atoms with Crippen molar-refractivity contribution in [3.63, 3.8) is 0 Å². The molecule has 11 heteroatoms. The molecule has 2 heterocycles. The molecule has 1 saturated heterocycles. The zero-order valence-electron chi connectivity index (χ0n) is 19.5. The molecule has 8 nitrogen and oxygen atoms in total. The van der Waals surface area contributed by atoms with Crippen LogP contribution < -0.4 is 16.2 Å². The number of anilines is 1. The molecule has 4 rings (SSSR count). The predicted octanol–water partition coefficient (Wildman–Crippen LogP) is 4.07. The van der Waals surface area contributed by atoms with Crippen molar-refractivity contribution in [3.05, 3.63) is 64.4 Å². The molecule has 3 aromatic rings. The van der Waals surface area contributed by atoms with Crippen molar-refractivity contribution >= 4 is 28.5 Å². The number of nitrogens with one attached hydrogen (secondary N) is 1. The number of carbonyl (C=O) groups is 2. The van der Waals surface area contributed by atoms with Crippen LogP contribution >= 0.6 is 0 Å². The van der Waals surface area contributed by atoms with Gasteiger partial charge in [0.1, 0.15) is 12.6 Å². The average molecular weight is 503 g/mol. The number of hydrogen-bond donors (Lipinski definition) is 2. The van der Waals surface area contributed by atoms with Gasteiger partial charge in [-0.25, -0.2) is 4.79 Å². The van der Waals surface area contributed by atoms with E-state index in [1.54, 1.807) is 26.0 Å². The van der Waals surface area contributed by atoms with Crippen LogP contribution in [0.4, 0.5) is 23.7 Å². The van der Waals surface area contributed by atoms with Crippen molar-refractivity contribution in [2.24, 2.45) is 11.7 Å². The quantitative estimate of drug-likeness (QED) is 0.490. The standard InChI is InChI=1S/C25H24F3N3O5/c1-13(2)21(29)23(33)35-12-16-11-31(24(34)36-16)15-8-7-14-9-20(30-22(32)18(14)10-15)17-5-3-4-6-19(17)25(26,27)28/h3-10,13,16,21H,11-12,29H2,1-2H3,(H,30,32)/t16-,21-/m0/s1. The van der Waals surface area contributed by atoms with Crippen LogP contribution in [0.5, 0.6) is 0 Å². The molecule has 36 heavy (non-hydrogen) atoms. The smallest absolute Gasteiger partial charge is 0.417 e. The second-order valence-corrected chi connectivity index (χ2v) is 8.84. The normalized spacial score (nSPS) is 16.9. The van der Waals surface area contributed by atoms with Crippen molar-refractivity contribution in [1.82, 2.24) is 4.98 Å². The molecule has 1 aliphatic heterocycles. The van der Waals surface area contributed by atoms with Gasteiger partial charge in [-0.2, -0.15) is 13.2 Å². The largest absolute Gasteiger partial charge is 0.460 e. The fraction of sp³-hybridized carbons (Fsp3) is 0.320. The monoisotopic (exact) mass is 503 g/mol. The third-order valence-electron chi connectivity index (χ3n) is 5.94. The summed E-state index contributed by atoms with van der Waals surface area (Å²) in [6, 6.07) is 10.2. The van der Waals surface area contributed by atoms with Gasteiger partial charge in [-0.3, -0.25) is 14.5 Å². The summed E-state index contributed by atoms with van der Waals surface area (Å²) in [5.74, 6) is -0.710. The number of halogens is 3. The summed E-state index contributed by atoms with van der Waals surface area (Å²) in [7, 11) is 0. The maximum Gasteiger partial charge on any atom is 0.417 e. The molecule has 3 N–H and O–H groups in total. The Balaban J connectivity index is 1.57. The number of amides is 1. The second-order valence-electron chi connectivity index (χ2n) is 8.84. The second kappa shape index (κ2) is 9.65. The zero-order chi connectivity index (χ0) is 26.2. The lowest BCUT2D eigenvalue weighted by atomic mass is 10.0. The lowest BCUT2D eigenvalue weighted by molar-refractivity contribution is -0.148. The van der Waals surface area contributed by atoms with E-state index < -0.39 is 41.5 Å². The summed E-state index contributed by atoms with van der Waals surface area (Å²) in [6.45, 7) is 3.46. The number of rotatable bonds is 6. The van der Waals surface area contributed by atoms with Crippen molar-refractivity contribution < 1.29 is 32.2 Å². The third-order valence-corrected chi connectivity index (χ3v) is 5.94. The van der Waals surface area contributed by atoms with Crippen LogP contribution in [-0.4, -0.2) is 42.3 Å². The number of fused-ring (bicyclic) bond motifs is 1. The number of cyclic esters (lactones) is 1. The van der Waals surface area contributed by atoms with E-state index in [9.17, 15) is 27.6 Å². The molecular weight excluding hydrogens is 479 g/mol. The van der Waals surface area contributed by atoms with E-state index >= 15 is 0 Å². The summed E-state index contributed by atoms with van der Waals surface area (Å²) < 4.78 is 50.7. The van der Waals surface area contributed by atoms with E-state index in [2.05, 4.69) is 4.98 Å². The maximum absolute atomic E-state index is 13.4. The molecule has 1 amide bonds. The van der Waals surface area contributed by atoms with E-state index in [1.807, 2.05) is 0 Å². The van der Waals surface area contributed by atoms with E-state index in [1.165, 1.54) is 35.2 Å². The van der Waals surface area contributed by atoms with Gasteiger partial charge in [0.15, 0.2) is 6.10 Å². The SMILES string of the molecule is CC(C)[C@H](N)C(=O)OC[C@@H]1CN(c2ccc3cc(-c4ccccc4C(F)(F)F)[nH]c(=O)c3c2)C(=O)O1. The van der Waals surface area contributed by atoms with Crippen LogP contribution in [-0.2, 0) is 20.4 Å². The number of benzene rings is 2. The number of esters is 1. The Hall–Kier alpha value is -3.86. The highest BCUT2D eigenvalue weighted by atomic mass is 19.4. The van der Waals surface area contributed by atoms with Crippen LogP contribution in [0.3, 0.4) is 0 Å². The highest BCUT2D eigenvalue weighted by Gasteiger charge is 2.35. The van der Waals surface area contributed by atoms with Gasteiger partial charge in [0, 0.05) is 22.3 Å². The topological polar surface area (TPSA) is 115 Å². The third kappa shape index (κ3) is 5.06. The summed E-state index contributed by atoms with van der Waals surface area (Å²) >= 11 is 0. The van der Waals surface area contributed by atoms with Crippen LogP contribution in [0.15, 0.2) is 53.3 Å². The van der Waals surface area contributed by atoms with Gasteiger partial charge in [-0.15, -0.1) is 0 Å². The Labute approximate surface area is 203 Å². The number of carbonyl (C=O) groups excluding carboxylic acids is 2. The summed E-state index contributed by atoms with van der Waals surface area (Å²) in [6.07, 6.45) is -6.00. The first-order valence-corrected chi connectivity index (χ1v) is 11.2. The molecule has 0 saturated carbocycles. The van der Waals surface area contributed by atoms with E-state index in [0.29, 0.717) is 11.1 Å². The first-order chi connectivity index (χ1) is 17.0. The van der Waals surface area contributed by atoms with E-state index in [-0.39, 0.29) is 35.7 Å². The Morgan fingerprint density at radius 1 is 1.19 bits per heavy atom. The van der Waals surface area contributed by atoms with Crippen molar-refractivity contribution in [2.45, 2.75) is 32.2 Å². The molecule has 0 spiro atoms. The minimum absolute atomic E-state index is 0.0234. The molecule has 0 bridgehead atoms. The van der Waals surface area contributed by atoms with Crippen LogP contribution in [0, 0.1) is 5.92 Å². The molecule has 0 radical (unpaired) electrons. The summed E-state index contributed by atoms with van der Waals surface area (Å²) in [5, 5.41) is 0.585. The Bertz CT molecular complexity index is 1370. The van der Waals surface area contributed by atoms with Crippen molar-refractivity contribution in [1.29, 1.82) is 0 Å². The number of nitrogens with two attached hydrogens (primary N) is 1. The van der Waals surface area contributed by atoms with Crippen LogP contribution in [0.25, 0.3) is 22.0 Å². The van der Waals surface area contributed by atoms with Gasteiger partial charge in [0.2, 0.25) is 0 Å². The molecule has 1 aliphatic rings. The highest BCUT2D eigenvalue weighted by Crippen LogP contribution is 2.36. The summed E-state index contributed by atoms with van der Waals surface area (Å²) in [4.78, 5) is 41.0. The number of hydrogen-bond acceptors (Lipinski definition) is 6. The molecule has 2 aromatic carbocycles. The van der Waals surface area contributed by atoms with Crippen LogP contribution in [0.1, 0.15) is 19.4 Å². The lowest BCUT2D eigenvalue weighted by Gasteiger charge is -2.16. The van der Waals surface area contributed by atoms with Crippen molar-refractivity contribution in [2.75, 3.05) is 18.1 Å². The maximum atomic E-state index is 13.4. The van der Waals surface area contributed by atoms with Crippen LogP contribution in [0.2, 0.25) is 0 Å². The van der Waals surface area contributed by atoms with Gasteiger partial charge in [-0.05, 0) is 35.6 Å². The minimum Gasteiger partial charge on any atom is -0.460 e. The van der Waals surface area contributed by atoms with Gasteiger partial charge >= 0.3 is 18.2 Å². The molecule has 2 atom stereocenters. The first kappa shape index (κ1) is 25.2. The Morgan fingerprint density at radius 3 is 2.61 bits per heavy atom. The number of nitrogens with zero attached hydrogens (tertiary/aromatic N) is 1. The Kier molecular flexibility index (Phi) is 6.77. The Morgan fingerprint density at radius 2 is 1.92 bits per heavy atom. The van der Waals surface area contributed by atoms with Gasteiger partial charge in [0.25, 0.3) is 5.56 Å². The first-order valence-electron chi connectivity index (χ1n) is 11.2. The fourth-order valence-electron chi connectivity index (χ4n) is 3.89. The predicted molar refractivity (Wildman–Crippen MR) is 126 cm³/mol. The molecule has 0 aliphatic carbocycles. The molecule has 1 aromatic heterocycles. The fourth-order valence-corrected chi connectivity index (χ4v) is 3.89. The lowest BCUT2D eigenvalue weighted by Crippen LogP contribution is -2.38. The number of alkyl halides is 3. The molecule has 190 valence electrons. The number of aromatic amines is 1. The number of pyridine rings is 1. The minimum atomic E-state index is -4.59. The molecule has 1 fully saturated rings. The zero-order valence-corrected chi connectivity index (χ0v) is 19.5. The highest BCUT2D eigenvalue weighted by molar-refractivity contribution is 5.95. The van der Waals surface area contributed by atoms with Gasteiger partial charge in [0.05, 0.1) is 12.1 Å². The van der Waals surface area contributed by atoms with E-state index in [0.717, 1.165) is 6.07 Å².